The number of ether oxygens (including phenoxy) is 1. The van der Waals surface area contributed by atoms with E-state index in [1.165, 1.54) is 0 Å². The Morgan fingerprint density at radius 2 is 1.83 bits per heavy atom. The summed E-state index contributed by atoms with van der Waals surface area (Å²) in [5.74, 6) is 0. The summed E-state index contributed by atoms with van der Waals surface area (Å²) >= 11 is 0. The Morgan fingerprint density at radius 1 is 1.25 bits per heavy atom. The van der Waals surface area contributed by atoms with Crippen molar-refractivity contribution in [2.45, 2.75) is 37.3 Å². The first-order valence-electron chi connectivity index (χ1n) is 5.40. The van der Waals surface area contributed by atoms with E-state index in [0.717, 1.165) is 12.8 Å². The Morgan fingerprint density at radius 3 is 2.25 bits per heavy atom. The van der Waals surface area contributed by atoms with Crippen molar-refractivity contribution in [3.05, 3.63) is 0 Å². The molecule has 0 saturated heterocycles. The third kappa shape index (κ3) is 2.53. The molecular formula is C7H16O4Si. The zero-order chi connectivity index (χ0) is 11.3. The largest absolute Gasteiger partial charge is 0.496 e. The molecule has 1 rings (SSSR count). The minimum atomic E-state index is -3.41. The second kappa shape index (κ2) is 3.84. The monoisotopic (exact) mass is 198 g/mol. The number of hydrogen-bond acceptors (Lipinski definition) is 4. The van der Waals surface area contributed by atoms with Crippen molar-refractivity contribution in [2.24, 2.45) is 0 Å². The van der Waals surface area contributed by atoms with Crippen LogP contribution in [0.1, 0.15) is 25.7 Å². The summed E-state index contributed by atoms with van der Waals surface area (Å²) in [5.41, 5.74) is -0.142. The predicted octanol–water partition coefficient (Wildman–Crippen LogP) is -0.139. The van der Waals surface area contributed by atoms with Gasteiger partial charge in [0.25, 0.3) is 0 Å². The highest BCUT2D eigenvalue weighted by Gasteiger charge is 2.41. The van der Waals surface area contributed by atoms with Crippen molar-refractivity contribution in [2.75, 3.05) is 7.11 Å². The molecular weight excluding hydrogens is 176 g/mol. The lowest BCUT2D eigenvalue weighted by Gasteiger charge is -2.30. The quantitative estimate of drug-likeness (QED) is 0.538. The fourth-order valence-corrected chi connectivity index (χ4v) is 2.69. The molecule has 12 heavy (non-hydrogen) atoms. The van der Waals surface area contributed by atoms with Gasteiger partial charge >= 0.3 is 8.80 Å². The van der Waals surface area contributed by atoms with E-state index < -0.39 is 8.80 Å². The molecule has 4 nitrogen and oxygen atoms in total. The van der Waals surface area contributed by atoms with Gasteiger partial charge in [0.1, 0.15) is 0 Å². The lowest BCUT2D eigenvalue weighted by molar-refractivity contribution is 0.0628. The summed E-state index contributed by atoms with van der Waals surface area (Å²) < 4.78 is 25.8. The van der Waals surface area contributed by atoms with E-state index in [4.69, 9.17) is 9.03 Å². The number of methoxy groups -OCH3 is 1. The first-order valence-corrected chi connectivity index (χ1v) is 5.98. The normalized spacial score (nSPS) is 35.2. The van der Waals surface area contributed by atoms with Crippen LogP contribution < -0.4 is 0 Å². The van der Waals surface area contributed by atoms with Crippen LogP contribution in [0.2, 0.25) is 5.54 Å². The SMILES string of the molecule is [3H]O[Si](O[3H])(O[3H])C1CCC(OC)CC1. The zero-order valence-electron chi connectivity index (χ0n) is 10.1. The van der Waals surface area contributed by atoms with Crippen molar-refractivity contribution < 1.29 is 19.1 Å². The van der Waals surface area contributed by atoms with Crippen LogP contribution in [0.4, 0.5) is 0 Å². The third-order valence-corrected chi connectivity index (χ3v) is 4.08. The fourth-order valence-electron chi connectivity index (χ4n) is 1.65. The molecule has 1 aliphatic rings. The van der Waals surface area contributed by atoms with Gasteiger partial charge < -0.3 is 19.1 Å². The van der Waals surface area contributed by atoms with Crippen molar-refractivity contribution in [3.63, 3.8) is 0 Å². The van der Waals surface area contributed by atoms with Gasteiger partial charge in [-0.2, -0.15) is 0 Å². The van der Waals surface area contributed by atoms with E-state index in [-0.39, 0.29) is 11.6 Å². The topological polar surface area (TPSA) is 69.9 Å². The molecule has 0 unspecified atom stereocenters. The Labute approximate surface area is 77.6 Å². The maximum Gasteiger partial charge on any atom is 0.496 e. The number of hydrogen-bond donors (Lipinski definition) is 3. The first kappa shape index (κ1) is 6.50. The molecule has 0 aromatic rings. The Bertz CT molecular complexity index is 177. The predicted molar refractivity (Wildman–Crippen MR) is 45.4 cm³/mol. The molecule has 0 aliphatic heterocycles. The fraction of sp³-hybridized carbons (Fsp3) is 1.00. The molecule has 72 valence electrons. The van der Waals surface area contributed by atoms with Gasteiger partial charge in [0.05, 0.1) is 6.10 Å². The summed E-state index contributed by atoms with van der Waals surface area (Å²) in [5, 5.41) is 0. The summed E-state index contributed by atoms with van der Waals surface area (Å²) in [4.78, 5) is 13.1. The van der Waals surface area contributed by atoms with Crippen molar-refractivity contribution in [1.82, 2.24) is 0 Å². The van der Waals surface area contributed by atoms with Gasteiger partial charge in [0.2, 0.25) is 0 Å². The van der Waals surface area contributed by atoms with Crippen LogP contribution in [0.3, 0.4) is 0 Å². The van der Waals surface area contributed by atoms with Crippen LogP contribution in [-0.4, -0.2) is 40.7 Å². The summed E-state index contributed by atoms with van der Waals surface area (Å²) in [6.07, 6.45) is 3.29. The van der Waals surface area contributed by atoms with Crippen molar-refractivity contribution in [3.8, 4) is 0 Å². The molecule has 1 fully saturated rings. The molecule has 3 N–H and O–H groups in total. The van der Waals surface area contributed by atoms with Crippen LogP contribution >= 0.6 is 0 Å². The zero-order valence-corrected chi connectivity index (χ0v) is 8.12. The second-order valence-electron chi connectivity index (χ2n) is 3.31. The van der Waals surface area contributed by atoms with Crippen LogP contribution in [0, 0.1) is 0 Å². The molecule has 0 spiro atoms. The van der Waals surface area contributed by atoms with Gasteiger partial charge in [-0.15, -0.1) is 0 Å². The van der Waals surface area contributed by atoms with E-state index >= 15 is 0 Å². The minimum absolute atomic E-state index is 0.142. The van der Waals surface area contributed by atoms with Crippen LogP contribution in [0.5, 0.6) is 0 Å². The molecule has 5 heteroatoms. The van der Waals surface area contributed by atoms with Gasteiger partial charge in [0, 0.05) is 12.7 Å². The van der Waals surface area contributed by atoms with Crippen LogP contribution in [-0.2, 0) is 4.74 Å². The smallest absolute Gasteiger partial charge is 0.390 e. The van der Waals surface area contributed by atoms with Gasteiger partial charge in [-0.1, -0.05) is 0 Å². The highest BCUT2D eigenvalue weighted by Crippen LogP contribution is 2.34. The van der Waals surface area contributed by atoms with E-state index in [1.54, 1.807) is 7.11 Å². The van der Waals surface area contributed by atoms with Crippen molar-refractivity contribution in [1.29, 1.82) is 4.29 Å². The molecule has 1 saturated carbocycles. The number of rotatable bonds is 5. The van der Waals surface area contributed by atoms with Gasteiger partial charge in [-0.25, -0.2) is 0 Å². The van der Waals surface area contributed by atoms with Crippen LogP contribution in [0.25, 0.3) is 0 Å². The molecule has 0 aromatic heterocycles. The van der Waals surface area contributed by atoms with Crippen molar-refractivity contribution >= 4 is 8.80 Å². The average molecular weight is 198 g/mol. The highest BCUT2D eigenvalue weighted by molar-refractivity contribution is 6.58. The Balaban J connectivity index is 2.56. The lowest BCUT2D eigenvalue weighted by atomic mass is 9.97. The van der Waals surface area contributed by atoms with E-state index in [2.05, 4.69) is 14.4 Å². The summed E-state index contributed by atoms with van der Waals surface area (Å²) in [6.45, 7) is 0. The molecule has 0 bridgehead atoms. The molecule has 0 radical (unpaired) electrons. The van der Waals surface area contributed by atoms with Gasteiger partial charge in [0.15, 0.2) is 4.29 Å². The molecule has 0 amide bonds. The maximum atomic E-state index is 6.88. The highest BCUT2D eigenvalue weighted by atomic mass is 28.4. The molecule has 0 aromatic carbocycles. The molecule has 1 aliphatic carbocycles. The summed E-state index contributed by atoms with van der Waals surface area (Å²) in [7, 11) is -1.75. The Kier molecular flexibility index (Phi) is 2.08. The standard InChI is InChI=1S/C7H16O4Si/c1-11-6-2-4-7(5-3-6)12(8,9)10/h6-10H,2-5H2,1H3/i8T,9T,10T. The maximum absolute atomic E-state index is 6.88. The van der Waals surface area contributed by atoms with Gasteiger partial charge in [-0.05, 0) is 25.7 Å². The lowest BCUT2D eigenvalue weighted by Crippen LogP contribution is -2.42. The van der Waals surface area contributed by atoms with Crippen LogP contribution in [0.15, 0.2) is 0 Å². The average Bonchev–Trinajstić information content (AvgIpc) is 2.33. The first-order chi connectivity index (χ1) is 7.22. The van der Waals surface area contributed by atoms with E-state index in [1.807, 2.05) is 0 Å². The van der Waals surface area contributed by atoms with E-state index in [9.17, 15) is 0 Å². The van der Waals surface area contributed by atoms with Gasteiger partial charge in [-0.3, -0.25) is 0 Å². The summed E-state index contributed by atoms with van der Waals surface area (Å²) in [6, 6.07) is 0. The second-order valence-corrected chi connectivity index (χ2v) is 5.34. The van der Waals surface area contributed by atoms with E-state index in [0.29, 0.717) is 12.8 Å². The molecule has 0 heterocycles. The third-order valence-electron chi connectivity index (χ3n) is 2.51. The Hall–Kier alpha value is 0.0569. The minimum Gasteiger partial charge on any atom is -0.390 e. The molecule has 0 atom stereocenters.